The second-order valence-corrected chi connectivity index (χ2v) is 3.17. The first kappa shape index (κ1) is 10.9. The minimum Gasteiger partial charge on any atom is -0.330 e. The van der Waals surface area contributed by atoms with Crippen molar-refractivity contribution in [3.05, 3.63) is 35.4 Å². The van der Waals surface area contributed by atoms with E-state index in [0.717, 1.165) is 0 Å². The second kappa shape index (κ2) is 4.86. The molecule has 0 saturated heterocycles. The van der Waals surface area contributed by atoms with Crippen molar-refractivity contribution in [1.29, 1.82) is 0 Å². The van der Waals surface area contributed by atoms with E-state index in [-0.39, 0.29) is 12.2 Å². The van der Waals surface area contributed by atoms with Crippen molar-refractivity contribution in [2.75, 3.05) is 6.54 Å². The molecular formula is C11H14FNO. The number of Topliss-reactive ketones (excluding diaryl/α,β-unsaturated/α-hetero) is 1. The molecule has 0 fully saturated rings. The number of rotatable bonds is 4. The number of hydrogen-bond donors (Lipinski definition) is 1. The molecule has 1 rings (SSSR count). The van der Waals surface area contributed by atoms with E-state index in [1.165, 1.54) is 6.92 Å². The summed E-state index contributed by atoms with van der Waals surface area (Å²) in [6, 6.07) is 6.73. The van der Waals surface area contributed by atoms with E-state index in [1.54, 1.807) is 24.3 Å². The second-order valence-electron chi connectivity index (χ2n) is 3.17. The molecule has 0 bridgehead atoms. The summed E-state index contributed by atoms with van der Waals surface area (Å²) in [4.78, 5) is 11.5. The molecule has 3 heteroatoms. The number of halogens is 1. The lowest BCUT2D eigenvalue weighted by molar-refractivity contribution is 0.0982. The monoisotopic (exact) mass is 195 g/mol. The first-order chi connectivity index (χ1) is 6.66. The van der Waals surface area contributed by atoms with Crippen LogP contribution in [0.2, 0.25) is 0 Å². The Morgan fingerprint density at radius 2 is 2.14 bits per heavy atom. The summed E-state index contributed by atoms with van der Waals surface area (Å²) in [5.74, 6) is -0.0902. The number of nitrogens with two attached hydrogens (primary N) is 1. The SMILES string of the molecule is CC(F)c1ccccc1C(=O)CCN. The Bertz CT molecular complexity index is 323. The predicted molar refractivity (Wildman–Crippen MR) is 54.0 cm³/mol. The number of carbonyl (C=O) groups is 1. The lowest BCUT2D eigenvalue weighted by Gasteiger charge is -2.08. The lowest BCUT2D eigenvalue weighted by Crippen LogP contribution is -2.10. The highest BCUT2D eigenvalue weighted by Crippen LogP contribution is 2.21. The van der Waals surface area contributed by atoms with Gasteiger partial charge in [0.1, 0.15) is 6.17 Å². The summed E-state index contributed by atoms with van der Waals surface area (Å²) in [6.45, 7) is 1.72. The summed E-state index contributed by atoms with van der Waals surface area (Å²) >= 11 is 0. The predicted octanol–water partition coefficient (Wildman–Crippen LogP) is 2.25. The summed E-state index contributed by atoms with van der Waals surface area (Å²) < 4.78 is 13.1. The fraction of sp³-hybridized carbons (Fsp3) is 0.364. The fourth-order valence-corrected chi connectivity index (χ4v) is 1.36. The van der Waals surface area contributed by atoms with Crippen LogP contribution in [-0.4, -0.2) is 12.3 Å². The highest BCUT2D eigenvalue weighted by atomic mass is 19.1. The summed E-state index contributed by atoms with van der Waals surface area (Å²) in [6.07, 6.45) is -0.850. The minimum absolute atomic E-state index is 0.0902. The Labute approximate surface area is 82.9 Å². The van der Waals surface area contributed by atoms with E-state index in [1.807, 2.05) is 0 Å². The van der Waals surface area contributed by atoms with E-state index in [4.69, 9.17) is 5.73 Å². The van der Waals surface area contributed by atoms with Gasteiger partial charge in [-0.2, -0.15) is 0 Å². The molecule has 1 aromatic rings. The number of carbonyl (C=O) groups excluding carboxylic acids is 1. The van der Waals surface area contributed by atoms with Crippen LogP contribution in [0.15, 0.2) is 24.3 Å². The molecule has 0 amide bonds. The topological polar surface area (TPSA) is 43.1 Å². The molecule has 1 atom stereocenters. The minimum atomic E-state index is -1.12. The van der Waals surface area contributed by atoms with Gasteiger partial charge in [-0.15, -0.1) is 0 Å². The van der Waals surface area contributed by atoms with Gasteiger partial charge in [-0.3, -0.25) is 4.79 Å². The molecule has 2 nitrogen and oxygen atoms in total. The summed E-state index contributed by atoms with van der Waals surface area (Å²) in [7, 11) is 0. The standard InChI is InChI=1S/C11H14FNO/c1-8(12)9-4-2-3-5-10(9)11(14)6-7-13/h2-5,8H,6-7,13H2,1H3. The molecule has 2 N–H and O–H groups in total. The van der Waals surface area contributed by atoms with Crippen molar-refractivity contribution in [3.63, 3.8) is 0 Å². The van der Waals surface area contributed by atoms with Crippen molar-refractivity contribution in [3.8, 4) is 0 Å². The lowest BCUT2D eigenvalue weighted by atomic mass is 9.99. The van der Waals surface area contributed by atoms with Gasteiger partial charge in [0.05, 0.1) is 0 Å². The maximum atomic E-state index is 13.1. The van der Waals surface area contributed by atoms with Gasteiger partial charge in [0.15, 0.2) is 5.78 Å². The molecule has 1 unspecified atom stereocenters. The van der Waals surface area contributed by atoms with Gasteiger partial charge in [-0.25, -0.2) is 4.39 Å². The van der Waals surface area contributed by atoms with Gasteiger partial charge in [-0.1, -0.05) is 24.3 Å². The van der Waals surface area contributed by atoms with Crippen LogP contribution in [0.25, 0.3) is 0 Å². The van der Waals surface area contributed by atoms with E-state index in [0.29, 0.717) is 17.7 Å². The Balaban J connectivity index is 3.00. The van der Waals surface area contributed by atoms with Crippen LogP contribution in [0.3, 0.4) is 0 Å². The van der Waals surface area contributed by atoms with Crippen LogP contribution in [0.5, 0.6) is 0 Å². The Hall–Kier alpha value is -1.22. The molecule has 0 aliphatic heterocycles. The average molecular weight is 195 g/mol. The first-order valence-corrected chi connectivity index (χ1v) is 4.63. The molecule has 0 radical (unpaired) electrons. The van der Waals surface area contributed by atoms with Crippen molar-refractivity contribution in [2.24, 2.45) is 5.73 Å². The molecular weight excluding hydrogens is 181 g/mol. The average Bonchev–Trinajstić information content (AvgIpc) is 2.18. The summed E-state index contributed by atoms with van der Waals surface area (Å²) in [5.41, 5.74) is 6.18. The van der Waals surface area contributed by atoms with E-state index in [2.05, 4.69) is 0 Å². The zero-order valence-corrected chi connectivity index (χ0v) is 8.16. The maximum Gasteiger partial charge on any atom is 0.164 e. The van der Waals surface area contributed by atoms with Crippen molar-refractivity contribution in [2.45, 2.75) is 19.5 Å². The number of alkyl halides is 1. The molecule has 76 valence electrons. The van der Waals surface area contributed by atoms with Crippen LogP contribution in [-0.2, 0) is 0 Å². The first-order valence-electron chi connectivity index (χ1n) is 4.63. The quantitative estimate of drug-likeness (QED) is 0.749. The highest BCUT2D eigenvalue weighted by Gasteiger charge is 2.13. The smallest absolute Gasteiger partial charge is 0.164 e. The fourth-order valence-electron chi connectivity index (χ4n) is 1.36. The Kier molecular flexibility index (Phi) is 3.77. The Morgan fingerprint density at radius 3 is 2.71 bits per heavy atom. The third-order valence-corrected chi connectivity index (χ3v) is 2.06. The molecule has 0 aromatic heterocycles. The van der Waals surface area contributed by atoms with Gasteiger partial charge >= 0.3 is 0 Å². The number of hydrogen-bond acceptors (Lipinski definition) is 2. The molecule has 0 aliphatic carbocycles. The van der Waals surface area contributed by atoms with E-state index < -0.39 is 6.17 Å². The van der Waals surface area contributed by atoms with Gasteiger partial charge in [0.2, 0.25) is 0 Å². The Morgan fingerprint density at radius 1 is 1.50 bits per heavy atom. The molecule has 0 spiro atoms. The van der Waals surface area contributed by atoms with Crippen LogP contribution < -0.4 is 5.73 Å². The normalized spacial score (nSPS) is 12.5. The summed E-state index contributed by atoms with van der Waals surface area (Å²) in [5, 5.41) is 0. The zero-order chi connectivity index (χ0) is 10.6. The van der Waals surface area contributed by atoms with E-state index >= 15 is 0 Å². The van der Waals surface area contributed by atoms with E-state index in [9.17, 15) is 9.18 Å². The van der Waals surface area contributed by atoms with Crippen LogP contribution >= 0.6 is 0 Å². The van der Waals surface area contributed by atoms with Gasteiger partial charge < -0.3 is 5.73 Å². The van der Waals surface area contributed by atoms with Gasteiger partial charge in [0, 0.05) is 12.0 Å². The van der Waals surface area contributed by atoms with Crippen LogP contribution in [0.4, 0.5) is 4.39 Å². The third-order valence-electron chi connectivity index (χ3n) is 2.06. The largest absolute Gasteiger partial charge is 0.330 e. The molecule has 0 aliphatic rings. The maximum absolute atomic E-state index is 13.1. The zero-order valence-electron chi connectivity index (χ0n) is 8.16. The van der Waals surface area contributed by atoms with Crippen LogP contribution in [0, 0.1) is 0 Å². The van der Waals surface area contributed by atoms with Crippen molar-refractivity contribution >= 4 is 5.78 Å². The highest BCUT2D eigenvalue weighted by molar-refractivity contribution is 5.97. The molecule has 0 heterocycles. The third kappa shape index (κ3) is 2.39. The van der Waals surface area contributed by atoms with Crippen molar-refractivity contribution in [1.82, 2.24) is 0 Å². The van der Waals surface area contributed by atoms with Crippen molar-refractivity contribution < 1.29 is 9.18 Å². The molecule has 1 aromatic carbocycles. The molecule has 14 heavy (non-hydrogen) atoms. The van der Waals surface area contributed by atoms with Crippen LogP contribution in [0.1, 0.15) is 35.4 Å². The van der Waals surface area contributed by atoms with Gasteiger partial charge in [-0.05, 0) is 19.0 Å². The van der Waals surface area contributed by atoms with Gasteiger partial charge in [0.25, 0.3) is 0 Å². The number of benzene rings is 1. The number of ketones is 1. The molecule has 0 saturated carbocycles.